The van der Waals surface area contributed by atoms with Crippen LogP contribution in [-0.2, 0) is 13.1 Å². The minimum atomic E-state index is 0.208. The van der Waals surface area contributed by atoms with E-state index in [2.05, 4.69) is 53.3 Å². The zero-order valence-electron chi connectivity index (χ0n) is 14.8. The molecule has 4 heteroatoms. The van der Waals surface area contributed by atoms with E-state index in [1.807, 2.05) is 12.1 Å². The number of rotatable bonds is 4. The van der Waals surface area contributed by atoms with Gasteiger partial charge in [-0.3, -0.25) is 4.90 Å². The molecule has 130 valence electrons. The van der Waals surface area contributed by atoms with Gasteiger partial charge in [-0.25, -0.2) is 0 Å². The number of aromatic nitrogens is 1. The van der Waals surface area contributed by atoms with Crippen LogP contribution in [0.1, 0.15) is 24.5 Å². The van der Waals surface area contributed by atoms with Gasteiger partial charge in [-0.05, 0) is 36.2 Å². The number of hydrogen-bond acceptors (Lipinski definition) is 3. The first-order valence-corrected chi connectivity index (χ1v) is 8.87. The molecule has 1 aliphatic heterocycles. The van der Waals surface area contributed by atoms with E-state index in [4.69, 9.17) is 9.47 Å². The number of methoxy groups -OCH3 is 1. The number of benzene rings is 2. The first kappa shape index (κ1) is 16.0. The predicted octanol–water partition coefficient (Wildman–Crippen LogP) is 4.35. The molecule has 1 atom stereocenters. The van der Waals surface area contributed by atoms with Gasteiger partial charge in [0.05, 0.1) is 7.11 Å². The molecule has 1 aromatic heterocycles. The van der Waals surface area contributed by atoms with Crippen molar-refractivity contribution in [2.24, 2.45) is 0 Å². The summed E-state index contributed by atoms with van der Waals surface area (Å²) < 4.78 is 11.6. The van der Waals surface area contributed by atoms with Crippen molar-refractivity contribution in [2.45, 2.75) is 32.5 Å². The van der Waals surface area contributed by atoms with Crippen LogP contribution in [-0.4, -0.2) is 29.6 Å². The van der Waals surface area contributed by atoms with Gasteiger partial charge >= 0.3 is 0 Å². The third-order valence-electron chi connectivity index (χ3n) is 4.94. The summed E-state index contributed by atoms with van der Waals surface area (Å²) in [6.45, 7) is 4.87. The zero-order chi connectivity index (χ0) is 17.2. The lowest BCUT2D eigenvalue weighted by atomic mass is 10.1. The Balaban J connectivity index is 1.64. The summed E-state index contributed by atoms with van der Waals surface area (Å²) in [6, 6.07) is 14.6. The van der Waals surface area contributed by atoms with Gasteiger partial charge in [0.1, 0.15) is 17.6 Å². The number of fused-ring (bicyclic) bond motifs is 2. The molecule has 0 fully saturated rings. The van der Waals surface area contributed by atoms with Crippen molar-refractivity contribution in [2.75, 3.05) is 13.7 Å². The van der Waals surface area contributed by atoms with E-state index in [0.29, 0.717) is 0 Å². The zero-order valence-corrected chi connectivity index (χ0v) is 14.8. The molecular formula is C21H24N2O2. The molecule has 0 bridgehead atoms. The second-order valence-electron chi connectivity index (χ2n) is 6.65. The van der Waals surface area contributed by atoms with E-state index in [0.717, 1.165) is 37.6 Å². The fourth-order valence-corrected chi connectivity index (χ4v) is 3.57. The molecule has 0 saturated carbocycles. The van der Waals surface area contributed by atoms with Gasteiger partial charge in [0.15, 0.2) is 0 Å². The molecule has 1 aliphatic rings. The van der Waals surface area contributed by atoms with E-state index < -0.39 is 0 Å². The van der Waals surface area contributed by atoms with Crippen molar-refractivity contribution in [1.29, 1.82) is 0 Å². The summed E-state index contributed by atoms with van der Waals surface area (Å²) >= 11 is 0. The van der Waals surface area contributed by atoms with Crippen molar-refractivity contribution in [1.82, 2.24) is 9.88 Å². The Morgan fingerprint density at radius 1 is 1.24 bits per heavy atom. The van der Waals surface area contributed by atoms with Crippen LogP contribution in [0, 0.1) is 0 Å². The van der Waals surface area contributed by atoms with Crippen molar-refractivity contribution in [3.63, 3.8) is 0 Å². The first-order chi connectivity index (χ1) is 12.3. The highest BCUT2D eigenvalue weighted by atomic mass is 16.5. The maximum absolute atomic E-state index is 6.24. The average Bonchev–Trinajstić information content (AvgIpc) is 2.95. The quantitative estimate of drug-likeness (QED) is 0.770. The van der Waals surface area contributed by atoms with Crippen LogP contribution in [0.15, 0.2) is 48.7 Å². The number of ether oxygens (including phenoxy) is 2. The van der Waals surface area contributed by atoms with E-state index in [1.54, 1.807) is 7.11 Å². The minimum Gasteiger partial charge on any atom is -0.497 e. The Morgan fingerprint density at radius 2 is 2.12 bits per heavy atom. The predicted molar refractivity (Wildman–Crippen MR) is 100 cm³/mol. The highest BCUT2D eigenvalue weighted by Crippen LogP contribution is 2.31. The number of H-pyrrole nitrogens is 1. The summed E-state index contributed by atoms with van der Waals surface area (Å²) in [4.78, 5) is 5.85. The highest BCUT2D eigenvalue weighted by Gasteiger charge is 2.23. The van der Waals surface area contributed by atoms with E-state index in [-0.39, 0.29) is 6.10 Å². The molecule has 0 saturated heterocycles. The van der Waals surface area contributed by atoms with Crippen LogP contribution in [0.2, 0.25) is 0 Å². The SMILES string of the molecule is CCC1CN(Cc2c[nH]c3ccccc23)Cc2cc(OC)ccc2O1. The Hall–Kier alpha value is -2.46. The fraction of sp³-hybridized carbons (Fsp3) is 0.333. The lowest BCUT2D eigenvalue weighted by molar-refractivity contribution is 0.139. The van der Waals surface area contributed by atoms with Gasteiger partial charge in [0, 0.05) is 42.3 Å². The van der Waals surface area contributed by atoms with Crippen LogP contribution in [0.3, 0.4) is 0 Å². The molecule has 4 nitrogen and oxygen atoms in total. The second kappa shape index (κ2) is 6.81. The number of nitrogens with one attached hydrogen (secondary N) is 1. The van der Waals surface area contributed by atoms with Crippen molar-refractivity contribution < 1.29 is 9.47 Å². The monoisotopic (exact) mass is 336 g/mol. The van der Waals surface area contributed by atoms with Gasteiger partial charge < -0.3 is 14.5 Å². The van der Waals surface area contributed by atoms with E-state index in [9.17, 15) is 0 Å². The molecule has 4 rings (SSSR count). The van der Waals surface area contributed by atoms with Gasteiger partial charge in [0.25, 0.3) is 0 Å². The molecule has 3 aromatic rings. The summed E-state index contributed by atoms with van der Waals surface area (Å²) in [5, 5.41) is 1.30. The van der Waals surface area contributed by atoms with E-state index >= 15 is 0 Å². The third-order valence-corrected chi connectivity index (χ3v) is 4.94. The highest BCUT2D eigenvalue weighted by molar-refractivity contribution is 5.82. The molecule has 2 heterocycles. The Morgan fingerprint density at radius 3 is 2.96 bits per heavy atom. The smallest absolute Gasteiger partial charge is 0.124 e. The molecule has 25 heavy (non-hydrogen) atoms. The van der Waals surface area contributed by atoms with Crippen molar-refractivity contribution >= 4 is 10.9 Å². The molecule has 0 radical (unpaired) electrons. The molecular weight excluding hydrogens is 312 g/mol. The topological polar surface area (TPSA) is 37.5 Å². The lowest BCUT2D eigenvalue weighted by Crippen LogP contribution is -2.32. The average molecular weight is 336 g/mol. The molecule has 1 unspecified atom stereocenters. The summed E-state index contributed by atoms with van der Waals surface area (Å²) in [7, 11) is 1.71. The minimum absolute atomic E-state index is 0.208. The molecule has 1 N–H and O–H groups in total. The Labute approximate surface area is 148 Å². The summed E-state index contributed by atoms with van der Waals surface area (Å²) in [6.07, 6.45) is 3.33. The van der Waals surface area contributed by atoms with Crippen molar-refractivity contribution in [3.05, 3.63) is 59.8 Å². The number of nitrogens with zero attached hydrogens (tertiary/aromatic N) is 1. The summed E-state index contributed by atoms with van der Waals surface area (Å²) in [5.41, 5.74) is 3.71. The van der Waals surface area contributed by atoms with Crippen LogP contribution in [0.4, 0.5) is 0 Å². The Bertz CT molecular complexity index is 871. The van der Waals surface area contributed by atoms with Crippen LogP contribution >= 0.6 is 0 Å². The first-order valence-electron chi connectivity index (χ1n) is 8.87. The molecule has 0 amide bonds. The lowest BCUT2D eigenvalue weighted by Gasteiger charge is -2.23. The van der Waals surface area contributed by atoms with Gasteiger partial charge in [-0.2, -0.15) is 0 Å². The Kier molecular flexibility index (Phi) is 4.36. The molecule has 0 spiro atoms. The van der Waals surface area contributed by atoms with Crippen LogP contribution in [0.5, 0.6) is 11.5 Å². The van der Waals surface area contributed by atoms with Gasteiger partial charge in [0.2, 0.25) is 0 Å². The van der Waals surface area contributed by atoms with Crippen LogP contribution in [0.25, 0.3) is 10.9 Å². The fourth-order valence-electron chi connectivity index (χ4n) is 3.57. The van der Waals surface area contributed by atoms with Gasteiger partial charge in [-0.1, -0.05) is 25.1 Å². The van der Waals surface area contributed by atoms with Crippen molar-refractivity contribution in [3.8, 4) is 11.5 Å². The van der Waals surface area contributed by atoms with Crippen LogP contribution < -0.4 is 9.47 Å². The standard InChI is InChI=1S/C21H24N2O2/c1-3-17-14-23(12-15-10-18(24-2)8-9-21(15)25-17)13-16-11-22-20-7-5-4-6-19(16)20/h4-11,17,22H,3,12-14H2,1-2H3. The number of aromatic amines is 1. The maximum Gasteiger partial charge on any atom is 0.124 e. The second-order valence-corrected chi connectivity index (χ2v) is 6.65. The molecule has 0 aliphatic carbocycles. The van der Waals surface area contributed by atoms with Gasteiger partial charge in [-0.15, -0.1) is 0 Å². The normalized spacial score (nSPS) is 17.8. The number of para-hydroxylation sites is 1. The number of hydrogen-bond donors (Lipinski definition) is 1. The maximum atomic E-state index is 6.24. The largest absolute Gasteiger partial charge is 0.497 e. The van der Waals surface area contributed by atoms with E-state index in [1.165, 1.54) is 22.0 Å². The third kappa shape index (κ3) is 3.22. The summed E-state index contributed by atoms with van der Waals surface area (Å²) in [5.74, 6) is 1.86. The molecule has 2 aromatic carbocycles.